The van der Waals surface area contributed by atoms with Crippen LogP contribution in [-0.4, -0.2) is 6.54 Å². The third-order valence-electron chi connectivity index (χ3n) is 3.00. The molecule has 0 amide bonds. The van der Waals surface area contributed by atoms with Gasteiger partial charge >= 0.3 is 0 Å². The molecule has 0 radical (unpaired) electrons. The van der Waals surface area contributed by atoms with Gasteiger partial charge in [-0.3, -0.25) is 0 Å². The fourth-order valence-corrected chi connectivity index (χ4v) is 2.26. The van der Waals surface area contributed by atoms with Crippen LogP contribution < -0.4 is 5.32 Å². The molecule has 2 aromatic carbocycles. The van der Waals surface area contributed by atoms with Crippen molar-refractivity contribution in [3.63, 3.8) is 0 Å². The van der Waals surface area contributed by atoms with Crippen LogP contribution in [-0.2, 0) is 6.54 Å². The molecule has 106 valence electrons. The van der Waals surface area contributed by atoms with E-state index in [9.17, 15) is 8.78 Å². The standard InChI is InChI=1S/C16H16ClF2N/c1-2-6-20-10-11-4-3-5-12(7-11)13-8-15(18)16(19)9-14(13)17/h3-5,7-9,20H,2,6,10H2,1H3. The van der Waals surface area contributed by atoms with Gasteiger partial charge in [-0.25, -0.2) is 8.78 Å². The van der Waals surface area contributed by atoms with Gasteiger partial charge in [0.05, 0.1) is 5.02 Å². The maximum atomic E-state index is 13.3. The molecule has 0 unspecified atom stereocenters. The van der Waals surface area contributed by atoms with Gasteiger partial charge in [0, 0.05) is 12.1 Å². The van der Waals surface area contributed by atoms with E-state index in [1.54, 1.807) is 0 Å². The van der Waals surface area contributed by atoms with Crippen molar-refractivity contribution >= 4 is 11.6 Å². The molecule has 0 aliphatic carbocycles. The summed E-state index contributed by atoms with van der Waals surface area (Å²) >= 11 is 5.99. The number of benzene rings is 2. The summed E-state index contributed by atoms with van der Waals surface area (Å²) in [4.78, 5) is 0. The molecule has 0 spiro atoms. The van der Waals surface area contributed by atoms with E-state index >= 15 is 0 Å². The topological polar surface area (TPSA) is 12.0 Å². The van der Waals surface area contributed by atoms with Gasteiger partial charge < -0.3 is 5.32 Å². The second kappa shape index (κ2) is 6.82. The molecule has 0 aliphatic heterocycles. The minimum atomic E-state index is -0.931. The number of hydrogen-bond acceptors (Lipinski definition) is 1. The Morgan fingerprint density at radius 3 is 2.60 bits per heavy atom. The Labute approximate surface area is 122 Å². The van der Waals surface area contributed by atoms with Gasteiger partial charge in [-0.1, -0.05) is 36.7 Å². The lowest BCUT2D eigenvalue weighted by Crippen LogP contribution is -2.13. The molecule has 1 nitrogen and oxygen atoms in total. The van der Waals surface area contributed by atoms with Crippen molar-refractivity contribution in [1.82, 2.24) is 5.32 Å². The van der Waals surface area contributed by atoms with E-state index in [4.69, 9.17) is 11.6 Å². The van der Waals surface area contributed by atoms with Gasteiger partial charge in [0.1, 0.15) is 0 Å². The van der Waals surface area contributed by atoms with Gasteiger partial charge in [0.2, 0.25) is 0 Å². The smallest absolute Gasteiger partial charge is 0.160 e. The van der Waals surface area contributed by atoms with Crippen molar-refractivity contribution < 1.29 is 8.78 Å². The van der Waals surface area contributed by atoms with Crippen LogP contribution in [0.5, 0.6) is 0 Å². The molecule has 0 aliphatic rings. The van der Waals surface area contributed by atoms with Gasteiger partial charge in [-0.05, 0) is 42.3 Å². The lowest BCUT2D eigenvalue weighted by Gasteiger charge is -2.09. The van der Waals surface area contributed by atoms with E-state index in [1.807, 2.05) is 24.3 Å². The Kier molecular flexibility index (Phi) is 5.10. The normalized spacial score (nSPS) is 10.8. The summed E-state index contributed by atoms with van der Waals surface area (Å²) in [6.07, 6.45) is 1.06. The first-order valence-electron chi connectivity index (χ1n) is 6.56. The van der Waals surface area contributed by atoms with Gasteiger partial charge in [0.15, 0.2) is 11.6 Å². The minimum Gasteiger partial charge on any atom is -0.313 e. The van der Waals surface area contributed by atoms with Gasteiger partial charge in [-0.15, -0.1) is 0 Å². The molecule has 20 heavy (non-hydrogen) atoms. The van der Waals surface area contributed by atoms with E-state index in [1.165, 1.54) is 0 Å². The third-order valence-corrected chi connectivity index (χ3v) is 3.32. The zero-order chi connectivity index (χ0) is 14.5. The second-order valence-corrected chi connectivity index (χ2v) is 5.03. The quantitative estimate of drug-likeness (QED) is 0.618. The number of halogens is 3. The molecule has 0 fully saturated rings. The minimum absolute atomic E-state index is 0.211. The molecule has 1 N–H and O–H groups in total. The Morgan fingerprint density at radius 2 is 1.85 bits per heavy atom. The highest BCUT2D eigenvalue weighted by Gasteiger charge is 2.10. The molecule has 0 saturated heterocycles. The maximum absolute atomic E-state index is 13.3. The van der Waals surface area contributed by atoms with Crippen LogP contribution in [0.3, 0.4) is 0 Å². The van der Waals surface area contributed by atoms with Crippen molar-refractivity contribution in [2.75, 3.05) is 6.54 Å². The second-order valence-electron chi connectivity index (χ2n) is 4.62. The molecule has 0 bridgehead atoms. The van der Waals surface area contributed by atoms with E-state index in [0.29, 0.717) is 5.56 Å². The van der Waals surface area contributed by atoms with E-state index in [-0.39, 0.29) is 5.02 Å². The van der Waals surface area contributed by atoms with Crippen molar-refractivity contribution in [3.8, 4) is 11.1 Å². The summed E-state index contributed by atoms with van der Waals surface area (Å²) in [5.74, 6) is -1.82. The summed E-state index contributed by atoms with van der Waals surface area (Å²) in [6.45, 7) is 3.78. The predicted molar refractivity (Wildman–Crippen MR) is 78.8 cm³/mol. The molecule has 2 aromatic rings. The highest BCUT2D eigenvalue weighted by atomic mass is 35.5. The number of hydrogen-bond donors (Lipinski definition) is 1. The highest BCUT2D eigenvalue weighted by molar-refractivity contribution is 6.33. The third kappa shape index (κ3) is 3.56. The van der Waals surface area contributed by atoms with Gasteiger partial charge in [-0.2, -0.15) is 0 Å². The lowest BCUT2D eigenvalue weighted by atomic mass is 10.0. The SMILES string of the molecule is CCCNCc1cccc(-c2cc(F)c(F)cc2Cl)c1. The summed E-state index contributed by atoms with van der Waals surface area (Å²) in [6, 6.07) is 9.78. The van der Waals surface area contributed by atoms with Crippen LogP contribution in [0.4, 0.5) is 8.78 Å². The fourth-order valence-electron chi connectivity index (χ4n) is 2.00. The van der Waals surface area contributed by atoms with Crippen LogP contribution in [0.15, 0.2) is 36.4 Å². The molecular formula is C16H16ClF2N. The van der Waals surface area contributed by atoms with Crippen LogP contribution >= 0.6 is 11.6 Å². The number of nitrogens with one attached hydrogen (secondary N) is 1. The molecule has 0 aromatic heterocycles. The first-order valence-corrected chi connectivity index (χ1v) is 6.94. The number of rotatable bonds is 5. The average Bonchev–Trinajstić information content (AvgIpc) is 2.43. The van der Waals surface area contributed by atoms with Crippen LogP contribution in [0.1, 0.15) is 18.9 Å². The Hall–Kier alpha value is -1.45. The highest BCUT2D eigenvalue weighted by Crippen LogP contribution is 2.30. The predicted octanol–water partition coefficient (Wildman–Crippen LogP) is 4.78. The Morgan fingerprint density at radius 1 is 1.10 bits per heavy atom. The fraction of sp³-hybridized carbons (Fsp3) is 0.250. The maximum Gasteiger partial charge on any atom is 0.160 e. The first kappa shape index (κ1) is 14.9. The van der Waals surface area contributed by atoms with E-state index < -0.39 is 11.6 Å². The van der Waals surface area contributed by atoms with Crippen molar-refractivity contribution in [3.05, 3.63) is 58.6 Å². The summed E-state index contributed by atoms with van der Waals surface area (Å²) in [5, 5.41) is 3.51. The van der Waals surface area contributed by atoms with Crippen LogP contribution in [0.25, 0.3) is 11.1 Å². The van der Waals surface area contributed by atoms with E-state index in [0.717, 1.165) is 42.8 Å². The van der Waals surface area contributed by atoms with Crippen molar-refractivity contribution in [2.24, 2.45) is 0 Å². The van der Waals surface area contributed by atoms with Crippen LogP contribution in [0, 0.1) is 11.6 Å². The van der Waals surface area contributed by atoms with Crippen molar-refractivity contribution in [2.45, 2.75) is 19.9 Å². The average molecular weight is 296 g/mol. The lowest BCUT2D eigenvalue weighted by molar-refractivity contribution is 0.509. The summed E-state index contributed by atoms with van der Waals surface area (Å²) in [5.41, 5.74) is 2.37. The van der Waals surface area contributed by atoms with Crippen LogP contribution in [0.2, 0.25) is 5.02 Å². The molecule has 0 atom stereocenters. The largest absolute Gasteiger partial charge is 0.313 e. The molecule has 2 rings (SSSR count). The zero-order valence-electron chi connectivity index (χ0n) is 11.2. The summed E-state index contributed by atoms with van der Waals surface area (Å²) in [7, 11) is 0. The van der Waals surface area contributed by atoms with Gasteiger partial charge in [0.25, 0.3) is 0 Å². The molecule has 4 heteroatoms. The van der Waals surface area contributed by atoms with E-state index in [2.05, 4.69) is 12.2 Å². The van der Waals surface area contributed by atoms with Crippen molar-refractivity contribution in [1.29, 1.82) is 0 Å². The monoisotopic (exact) mass is 295 g/mol. The molecule has 0 saturated carbocycles. The Bertz CT molecular complexity index is 599. The summed E-state index contributed by atoms with van der Waals surface area (Å²) < 4.78 is 26.4. The zero-order valence-corrected chi connectivity index (χ0v) is 12.0. The first-order chi connectivity index (χ1) is 9.61. The molecule has 0 heterocycles. The molecular weight excluding hydrogens is 280 g/mol. The Balaban J connectivity index is 2.29.